The molecule has 1 aromatic heterocycles. The summed E-state index contributed by atoms with van der Waals surface area (Å²) in [7, 11) is 0. The zero-order valence-electron chi connectivity index (χ0n) is 12.6. The van der Waals surface area contributed by atoms with Gasteiger partial charge in [-0.25, -0.2) is 4.98 Å². The molecule has 0 aliphatic rings. The van der Waals surface area contributed by atoms with E-state index in [1.54, 1.807) is 0 Å². The molecule has 0 amide bonds. The smallest absolute Gasteiger partial charge is 0.120 e. The van der Waals surface area contributed by atoms with Crippen LogP contribution >= 0.6 is 11.6 Å². The number of hydrogen-bond acceptors (Lipinski definition) is 3. The van der Waals surface area contributed by atoms with Crippen LogP contribution in [0, 0.1) is 0 Å². The Morgan fingerprint density at radius 3 is 2.95 bits per heavy atom. The van der Waals surface area contributed by atoms with E-state index in [2.05, 4.69) is 28.7 Å². The minimum atomic E-state index is 0.224. The Morgan fingerprint density at radius 1 is 1.38 bits per heavy atom. The number of benzene rings is 1. The van der Waals surface area contributed by atoms with Crippen LogP contribution in [0.4, 0.5) is 0 Å². The van der Waals surface area contributed by atoms with E-state index in [0.717, 1.165) is 31.1 Å². The van der Waals surface area contributed by atoms with Gasteiger partial charge in [0, 0.05) is 36.4 Å². The molecule has 0 radical (unpaired) electrons. The summed E-state index contributed by atoms with van der Waals surface area (Å²) in [6.07, 6.45) is 4.70. The lowest BCUT2D eigenvalue weighted by Crippen LogP contribution is -2.37. The Bertz CT molecular complexity index is 556. The largest absolute Gasteiger partial charge is 0.492 e. The van der Waals surface area contributed by atoms with Gasteiger partial charge in [0.15, 0.2) is 0 Å². The van der Waals surface area contributed by atoms with Gasteiger partial charge in [-0.15, -0.1) is 0 Å². The molecule has 0 aliphatic carbocycles. The molecule has 2 aromatic rings. The number of aryl methyl sites for hydroxylation is 1. The van der Waals surface area contributed by atoms with Crippen LogP contribution in [0.3, 0.4) is 0 Å². The summed E-state index contributed by atoms with van der Waals surface area (Å²) in [6.45, 7) is 6.64. The molecule has 4 nitrogen and oxygen atoms in total. The third kappa shape index (κ3) is 4.76. The van der Waals surface area contributed by atoms with Gasteiger partial charge < -0.3 is 14.6 Å². The molecule has 1 aromatic carbocycles. The highest BCUT2D eigenvalue weighted by atomic mass is 35.5. The summed E-state index contributed by atoms with van der Waals surface area (Å²) >= 11 is 5.97. The summed E-state index contributed by atoms with van der Waals surface area (Å²) in [5.74, 6) is 1.88. The highest BCUT2D eigenvalue weighted by Gasteiger charge is 2.13. The van der Waals surface area contributed by atoms with Crippen molar-refractivity contribution < 1.29 is 4.74 Å². The first-order valence-electron chi connectivity index (χ1n) is 7.34. The number of nitrogens with zero attached hydrogens (tertiary/aromatic N) is 2. The monoisotopic (exact) mass is 307 g/mol. The number of aromatic nitrogens is 2. The van der Waals surface area contributed by atoms with Crippen molar-refractivity contribution >= 4 is 11.6 Å². The Labute approximate surface area is 131 Å². The topological polar surface area (TPSA) is 39.1 Å². The maximum absolute atomic E-state index is 5.97. The second-order valence-corrected chi connectivity index (χ2v) is 5.29. The van der Waals surface area contributed by atoms with E-state index in [4.69, 9.17) is 16.3 Å². The minimum absolute atomic E-state index is 0.224. The quantitative estimate of drug-likeness (QED) is 0.814. The Morgan fingerprint density at radius 2 is 2.24 bits per heavy atom. The number of nitrogens with one attached hydrogen (secondary N) is 1. The first-order chi connectivity index (χ1) is 10.2. The Kier molecular flexibility index (Phi) is 6.08. The van der Waals surface area contributed by atoms with E-state index in [0.29, 0.717) is 11.6 Å². The van der Waals surface area contributed by atoms with Crippen LogP contribution < -0.4 is 10.1 Å². The van der Waals surface area contributed by atoms with Crippen LogP contribution in [0.5, 0.6) is 5.75 Å². The predicted octanol–water partition coefficient (Wildman–Crippen LogP) is 3.16. The van der Waals surface area contributed by atoms with Crippen LogP contribution in [-0.4, -0.2) is 28.7 Å². The molecule has 0 spiro atoms. The Balaban J connectivity index is 1.95. The van der Waals surface area contributed by atoms with Crippen LogP contribution in [0.1, 0.15) is 19.7 Å². The normalized spacial score (nSPS) is 12.3. The van der Waals surface area contributed by atoms with Crippen molar-refractivity contribution in [3.63, 3.8) is 0 Å². The maximum Gasteiger partial charge on any atom is 0.120 e. The molecular formula is C16H22ClN3O. The first-order valence-corrected chi connectivity index (χ1v) is 7.72. The molecule has 1 unspecified atom stereocenters. The van der Waals surface area contributed by atoms with Gasteiger partial charge >= 0.3 is 0 Å². The van der Waals surface area contributed by atoms with Crippen molar-refractivity contribution in [3.05, 3.63) is 47.5 Å². The molecular weight excluding hydrogens is 286 g/mol. The summed E-state index contributed by atoms with van der Waals surface area (Å²) < 4.78 is 8.00. The lowest BCUT2D eigenvalue weighted by molar-refractivity contribution is 0.262. The van der Waals surface area contributed by atoms with Crippen molar-refractivity contribution in [2.75, 3.05) is 13.2 Å². The molecule has 21 heavy (non-hydrogen) atoms. The zero-order chi connectivity index (χ0) is 15.1. The zero-order valence-corrected chi connectivity index (χ0v) is 13.3. The SMILES string of the molecule is CCNC(COc1cccc(Cl)c1)Cc1nccn1CC. The van der Waals surface area contributed by atoms with E-state index in [-0.39, 0.29) is 6.04 Å². The standard InChI is InChI=1S/C16H22ClN3O/c1-3-18-14(11-16-19-8-9-20(16)4-2)12-21-15-7-5-6-13(17)10-15/h5-10,14,18H,3-4,11-12H2,1-2H3. The number of rotatable bonds is 8. The summed E-state index contributed by atoms with van der Waals surface area (Å²) in [5.41, 5.74) is 0. The van der Waals surface area contributed by atoms with E-state index in [1.807, 2.05) is 36.7 Å². The van der Waals surface area contributed by atoms with Crippen LogP contribution in [0.15, 0.2) is 36.7 Å². The van der Waals surface area contributed by atoms with Gasteiger partial charge in [-0.2, -0.15) is 0 Å². The third-order valence-corrected chi connectivity index (χ3v) is 3.55. The fourth-order valence-electron chi connectivity index (χ4n) is 2.27. The van der Waals surface area contributed by atoms with Gasteiger partial charge in [0.2, 0.25) is 0 Å². The fraction of sp³-hybridized carbons (Fsp3) is 0.438. The maximum atomic E-state index is 5.97. The molecule has 0 bridgehead atoms. The minimum Gasteiger partial charge on any atom is -0.492 e. The number of halogens is 1. The van der Waals surface area contributed by atoms with Gasteiger partial charge in [0.05, 0.1) is 0 Å². The van der Waals surface area contributed by atoms with Gasteiger partial charge in [-0.05, 0) is 31.7 Å². The Hall–Kier alpha value is -1.52. The lowest BCUT2D eigenvalue weighted by atomic mass is 10.2. The van der Waals surface area contributed by atoms with Gasteiger partial charge in [0.25, 0.3) is 0 Å². The highest BCUT2D eigenvalue weighted by molar-refractivity contribution is 6.30. The molecule has 0 saturated heterocycles. The van der Waals surface area contributed by atoms with Crippen molar-refractivity contribution in [1.29, 1.82) is 0 Å². The molecule has 114 valence electrons. The first kappa shape index (κ1) is 15.9. The number of likely N-dealkylation sites (N-methyl/N-ethyl adjacent to an activating group) is 1. The summed E-state index contributed by atoms with van der Waals surface area (Å²) in [4.78, 5) is 4.42. The van der Waals surface area contributed by atoms with Crippen molar-refractivity contribution in [3.8, 4) is 5.75 Å². The average Bonchev–Trinajstić information content (AvgIpc) is 2.92. The average molecular weight is 308 g/mol. The van der Waals surface area contributed by atoms with Crippen LogP contribution in [0.2, 0.25) is 5.02 Å². The summed E-state index contributed by atoms with van der Waals surface area (Å²) in [5, 5.41) is 4.13. The fourth-order valence-corrected chi connectivity index (χ4v) is 2.45. The van der Waals surface area contributed by atoms with Crippen molar-refractivity contribution in [2.24, 2.45) is 0 Å². The van der Waals surface area contributed by atoms with Crippen molar-refractivity contribution in [1.82, 2.24) is 14.9 Å². The molecule has 0 saturated carbocycles. The predicted molar refractivity (Wildman–Crippen MR) is 86.0 cm³/mol. The summed E-state index contributed by atoms with van der Waals surface area (Å²) in [6, 6.07) is 7.71. The van der Waals surface area contributed by atoms with E-state index < -0.39 is 0 Å². The van der Waals surface area contributed by atoms with E-state index in [9.17, 15) is 0 Å². The molecule has 0 fully saturated rings. The molecule has 1 heterocycles. The molecule has 2 rings (SSSR count). The lowest BCUT2D eigenvalue weighted by Gasteiger charge is -2.19. The van der Waals surface area contributed by atoms with Crippen LogP contribution in [-0.2, 0) is 13.0 Å². The number of ether oxygens (including phenoxy) is 1. The second-order valence-electron chi connectivity index (χ2n) is 4.86. The van der Waals surface area contributed by atoms with Crippen molar-refractivity contribution in [2.45, 2.75) is 32.9 Å². The van der Waals surface area contributed by atoms with E-state index >= 15 is 0 Å². The number of hydrogen-bond donors (Lipinski definition) is 1. The highest BCUT2D eigenvalue weighted by Crippen LogP contribution is 2.17. The van der Waals surface area contributed by atoms with Gasteiger partial charge in [0.1, 0.15) is 18.2 Å². The van der Waals surface area contributed by atoms with E-state index in [1.165, 1.54) is 0 Å². The molecule has 5 heteroatoms. The van der Waals surface area contributed by atoms with Gasteiger partial charge in [-0.3, -0.25) is 0 Å². The van der Waals surface area contributed by atoms with Gasteiger partial charge in [-0.1, -0.05) is 24.6 Å². The van der Waals surface area contributed by atoms with Crippen LogP contribution in [0.25, 0.3) is 0 Å². The molecule has 0 aliphatic heterocycles. The second kappa shape index (κ2) is 8.05. The third-order valence-electron chi connectivity index (χ3n) is 3.31. The molecule has 1 atom stereocenters. The molecule has 1 N–H and O–H groups in total. The number of imidazole rings is 1.